The molecule has 1 nitrogen and oxygen atoms in total. The molecule has 0 aliphatic heterocycles. The number of ketones is 1. The number of rotatable bonds is 2. The maximum absolute atomic E-state index is 13.5. The van der Waals surface area contributed by atoms with Crippen molar-refractivity contribution in [2.45, 2.75) is 0 Å². The smallest absolute Gasteiger partial charge is 0.196 e. The van der Waals surface area contributed by atoms with Gasteiger partial charge >= 0.3 is 0 Å². The molecule has 0 saturated heterocycles. The molecule has 0 spiro atoms. The van der Waals surface area contributed by atoms with Gasteiger partial charge in [0.1, 0.15) is 5.82 Å². The van der Waals surface area contributed by atoms with E-state index in [4.69, 9.17) is 23.2 Å². The minimum atomic E-state index is -1.36. The van der Waals surface area contributed by atoms with Gasteiger partial charge in [-0.3, -0.25) is 4.79 Å². The van der Waals surface area contributed by atoms with Crippen molar-refractivity contribution >= 4 is 29.0 Å². The second kappa shape index (κ2) is 5.23. The molecule has 0 fully saturated rings. The largest absolute Gasteiger partial charge is 0.288 e. The zero-order valence-corrected chi connectivity index (χ0v) is 10.7. The lowest BCUT2D eigenvalue weighted by atomic mass is 10.0. The molecule has 0 aliphatic carbocycles. The standard InChI is InChI=1S/C13H5Cl2F3O/c14-7-1-6(2-8(15)3-7)13(19)9-4-11(17)12(18)5-10(9)16/h1-5H. The molecule has 98 valence electrons. The maximum Gasteiger partial charge on any atom is 0.196 e. The Hall–Kier alpha value is -1.52. The zero-order chi connectivity index (χ0) is 14.2. The normalized spacial score (nSPS) is 10.6. The predicted molar refractivity (Wildman–Crippen MR) is 66.2 cm³/mol. The summed E-state index contributed by atoms with van der Waals surface area (Å²) in [6, 6.07) is 4.73. The highest BCUT2D eigenvalue weighted by molar-refractivity contribution is 6.35. The van der Waals surface area contributed by atoms with Crippen LogP contribution in [0.4, 0.5) is 13.2 Å². The van der Waals surface area contributed by atoms with E-state index in [1.54, 1.807) is 0 Å². The van der Waals surface area contributed by atoms with Crippen LogP contribution < -0.4 is 0 Å². The van der Waals surface area contributed by atoms with E-state index < -0.39 is 28.8 Å². The lowest BCUT2D eigenvalue weighted by molar-refractivity contribution is 0.103. The number of carbonyl (C=O) groups is 1. The van der Waals surface area contributed by atoms with Crippen LogP contribution >= 0.6 is 23.2 Å². The predicted octanol–water partition coefficient (Wildman–Crippen LogP) is 4.64. The van der Waals surface area contributed by atoms with E-state index in [1.165, 1.54) is 18.2 Å². The van der Waals surface area contributed by atoms with E-state index in [1.807, 2.05) is 0 Å². The first-order valence-electron chi connectivity index (χ1n) is 5.04. The highest BCUT2D eigenvalue weighted by Gasteiger charge is 2.18. The van der Waals surface area contributed by atoms with E-state index in [2.05, 4.69) is 0 Å². The van der Waals surface area contributed by atoms with Gasteiger partial charge < -0.3 is 0 Å². The molecule has 0 saturated carbocycles. The van der Waals surface area contributed by atoms with Crippen molar-refractivity contribution in [3.05, 3.63) is 69.0 Å². The monoisotopic (exact) mass is 304 g/mol. The number of hydrogen-bond acceptors (Lipinski definition) is 1. The first-order valence-corrected chi connectivity index (χ1v) is 5.79. The highest BCUT2D eigenvalue weighted by Crippen LogP contribution is 2.23. The van der Waals surface area contributed by atoms with E-state index in [0.29, 0.717) is 12.1 Å². The maximum atomic E-state index is 13.5. The first kappa shape index (κ1) is 13.9. The van der Waals surface area contributed by atoms with Crippen LogP contribution in [0.1, 0.15) is 15.9 Å². The van der Waals surface area contributed by atoms with Gasteiger partial charge in [-0.05, 0) is 24.3 Å². The minimum Gasteiger partial charge on any atom is -0.288 e. The van der Waals surface area contributed by atoms with Crippen LogP contribution in [0.3, 0.4) is 0 Å². The lowest BCUT2D eigenvalue weighted by Crippen LogP contribution is -2.06. The Morgan fingerprint density at radius 2 is 1.32 bits per heavy atom. The van der Waals surface area contributed by atoms with Gasteiger partial charge in [-0.15, -0.1) is 0 Å². The van der Waals surface area contributed by atoms with E-state index in [-0.39, 0.29) is 15.6 Å². The summed E-state index contributed by atoms with van der Waals surface area (Å²) in [4.78, 5) is 12.0. The lowest BCUT2D eigenvalue weighted by Gasteiger charge is -2.05. The average Bonchev–Trinajstić information content (AvgIpc) is 2.31. The molecule has 0 amide bonds. The molecule has 0 aliphatic rings. The van der Waals surface area contributed by atoms with Gasteiger partial charge in [0.25, 0.3) is 0 Å². The Labute approximate surface area is 116 Å². The Balaban J connectivity index is 2.53. The zero-order valence-electron chi connectivity index (χ0n) is 9.18. The average molecular weight is 305 g/mol. The van der Waals surface area contributed by atoms with Crippen LogP contribution in [-0.2, 0) is 0 Å². The Morgan fingerprint density at radius 3 is 1.89 bits per heavy atom. The fraction of sp³-hybridized carbons (Fsp3) is 0. The van der Waals surface area contributed by atoms with Crippen molar-refractivity contribution in [1.82, 2.24) is 0 Å². The van der Waals surface area contributed by atoms with Gasteiger partial charge in [-0.1, -0.05) is 23.2 Å². The summed E-state index contributed by atoms with van der Waals surface area (Å²) in [5.41, 5.74) is -0.598. The highest BCUT2D eigenvalue weighted by atomic mass is 35.5. The fourth-order valence-corrected chi connectivity index (χ4v) is 2.06. The van der Waals surface area contributed by atoms with Crippen LogP contribution in [0.15, 0.2) is 30.3 Å². The summed E-state index contributed by atoms with van der Waals surface area (Å²) >= 11 is 11.4. The molecule has 2 aromatic rings. The van der Waals surface area contributed by atoms with Crippen molar-refractivity contribution in [2.75, 3.05) is 0 Å². The number of carbonyl (C=O) groups excluding carboxylic acids is 1. The second-order valence-electron chi connectivity index (χ2n) is 3.73. The summed E-state index contributed by atoms with van der Waals surface area (Å²) in [7, 11) is 0. The van der Waals surface area contributed by atoms with Gasteiger partial charge in [0.05, 0.1) is 5.56 Å². The number of halogens is 5. The van der Waals surface area contributed by atoms with Crippen LogP contribution in [0.25, 0.3) is 0 Å². The summed E-state index contributed by atoms with van der Waals surface area (Å²) in [6.45, 7) is 0. The van der Waals surface area contributed by atoms with Gasteiger partial charge in [0.15, 0.2) is 17.4 Å². The molecular formula is C13H5Cl2F3O. The second-order valence-corrected chi connectivity index (χ2v) is 4.61. The quantitative estimate of drug-likeness (QED) is 0.583. The van der Waals surface area contributed by atoms with Crippen molar-refractivity contribution in [1.29, 1.82) is 0 Å². The fourth-order valence-electron chi connectivity index (χ4n) is 1.54. The van der Waals surface area contributed by atoms with Gasteiger partial charge in [-0.25, -0.2) is 13.2 Å². The van der Waals surface area contributed by atoms with Gasteiger partial charge in [0, 0.05) is 21.7 Å². The summed E-state index contributed by atoms with van der Waals surface area (Å²) < 4.78 is 39.3. The molecular weight excluding hydrogens is 300 g/mol. The molecule has 0 N–H and O–H groups in total. The van der Waals surface area contributed by atoms with E-state index in [9.17, 15) is 18.0 Å². The molecule has 2 rings (SSSR count). The Kier molecular flexibility index (Phi) is 3.83. The van der Waals surface area contributed by atoms with Crippen molar-refractivity contribution in [3.8, 4) is 0 Å². The Bertz CT molecular complexity index is 651. The number of benzene rings is 2. The molecule has 0 atom stereocenters. The van der Waals surface area contributed by atoms with Crippen LogP contribution in [-0.4, -0.2) is 5.78 Å². The molecule has 0 radical (unpaired) electrons. The molecule has 0 heterocycles. The van der Waals surface area contributed by atoms with Crippen LogP contribution in [0.5, 0.6) is 0 Å². The number of hydrogen-bond donors (Lipinski definition) is 0. The van der Waals surface area contributed by atoms with Gasteiger partial charge in [0.2, 0.25) is 0 Å². The third kappa shape index (κ3) is 2.91. The molecule has 0 unspecified atom stereocenters. The van der Waals surface area contributed by atoms with E-state index in [0.717, 1.165) is 0 Å². The third-order valence-electron chi connectivity index (χ3n) is 2.38. The minimum absolute atomic E-state index is 0.0117. The van der Waals surface area contributed by atoms with Gasteiger partial charge in [-0.2, -0.15) is 0 Å². The molecule has 0 aromatic heterocycles. The van der Waals surface area contributed by atoms with Crippen LogP contribution in [0, 0.1) is 17.5 Å². The summed E-state index contributed by atoms with van der Waals surface area (Å²) in [5, 5.41) is 0.359. The first-order chi connectivity index (χ1) is 8.88. The van der Waals surface area contributed by atoms with Crippen molar-refractivity contribution < 1.29 is 18.0 Å². The van der Waals surface area contributed by atoms with Crippen molar-refractivity contribution in [2.24, 2.45) is 0 Å². The van der Waals surface area contributed by atoms with Crippen LogP contribution in [0.2, 0.25) is 10.0 Å². The molecule has 0 bridgehead atoms. The molecule has 6 heteroatoms. The summed E-state index contributed by atoms with van der Waals surface area (Å²) in [5.74, 6) is -4.66. The SMILES string of the molecule is O=C(c1cc(Cl)cc(Cl)c1)c1cc(F)c(F)cc1F. The third-order valence-corrected chi connectivity index (χ3v) is 2.82. The topological polar surface area (TPSA) is 17.1 Å². The van der Waals surface area contributed by atoms with Crippen molar-refractivity contribution in [3.63, 3.8) is 0 Å². The Morgan fingerprint density at radius 1 is 0.789 bits per heavy atom. The summed E-state index contributed by atoms with van der Waals surface area (Å²) in [6.07, 6.45) is 0. The van der Waals surface area contributed by atoms with E-state index >= 15 is 0 Å². The molecule has 2 aromatic carbocycles. The molecule has 19 heavy (non-hydrogen) atoms.